The third-order valence-electron chi connectivity index (χ3n) is 7.80. The van der Waals surface area contributed by atoms with Crippen molar-refractivity contribution < 1.29 is 19.4 Å². The second-order valence-corrected chi connectivity index (χ2v) is 11.9. The number of rotatable bonds is 5. The van der Waals surface area contributed by atoms with Gasteiger partial charge in [0.05, 0.1) is 30.2 Å². The van der Waals surface area contributed by atoms with Crippen molar-refractivity contribution in [2.75, 3.05) is 19.6 Å². The summed E-state index contributed by atoms with van der Waals surface area (Å²) in [4.78, 5) is 35.5. The fraction of sp³-hybridized carbons (Fsp3) is 0.469. The molecule has 1 saturated heterocycles. The van der Waals surface area contributed by atoms with Crippen molar-refractivity contribution in [1.29, 1.82) is 0 Å². The molecule has 0 spiro atoms. The molecule has 1 aromatic heterocycles. The van der Waals surface area contributed by atoms with Crippen molar-refractivity contribution in [1.82, 2.24) is 19.4 Å². The predicted molar refractivity (Wildman–Crippen MR) is 154 cm³/mol. The summed E-state index contributed by atoms with van der Waals surface area (Å²) in [5.41, 5.74) is 2.51. The Hall–Kier alpha value is -3.65. The Kier molecular flexibility index (Phi) is 8.26. The van der Waals surface area contributed by atoms with Gasteiger partial charge in [-0.05, 0) is 45.6 Å². The van der Waals surface area contributed by atoms with Crippen molar-refractivity contribution >= 4 is 12.0 Å². The summed E-state index contributed by atoms with van der Waals surface area (Å²) < 4.78 is 7.67. The molecule has 2 heterocycles. The van der Waals surface area contributed by atoms with E-state index in [0.29, 0.717) is 31.7 Å². The van der Waals surface area contributed by atoms with E-state index in [4.69, 9.17) is 4.74 Å². The molecule has 3 aromatic rings. The monoisotopic (exact) mass is 544 g/mol. The molecule has 40 heavy (non-hydrogen) atoms. The number of aromatic nitrogens is 2. The average molecular weight is 545 g/mol. The molecule has 0 bridgehead atoms. The highest BCUT2D eigenvalue weighted by atomic mass is 16.6. The lowest BCUT2D eigenvalue weighted by molar-refractivity contribution is 0.00429. The fourth-order valence-electron chi connectivity index (χ4n) is 5.88. The molecule has 8 heteroatoms. The van der Waals surface area contributed by atoms with E-state index in [-0.39, 0.29) is 24.1 Å². The second-order valence-electron chi connectivity index (χ2n) is 11.9. The number of nitrogens with zero attached hydrogens (tertiary/aromatic N) is 4. The number of aliphatic hydroxyl groups is 1. The van der Waals surface area contributed by atoms with Gasteiger partial charge in [0, 0.05) is 25.2 Å². The molecule has 0 radical (unpaired) electrons. The van der Waals surface area contributed by atoms with Crippen LogP contribution in [0.25, 0.3) is 11.3 Å². The zero-order valence-electron chi connectivity index (χ0n) is 23.7. The number of piperazine rings is 1. The van der Waals surface area contributed by atoms with Crippen LogP contribution in [0.4, 0.5) is 4.79 Å². The van der Waals surface area contributed by atoms with Crippen LogP contribution in [0.2, 0.25) is 0 Å². The lowest BCUT2D eigenvalue weighted by Crippen LogP contribution is -2.58. The molecule has 2 amide bonds. The number of hydrogen-bond donors (Lipinski definition) is 1. The van der Waals surface area contributed by atoms with Gasteiger partial charge in [0.15, 0.2) is 5.69 Å². The Morgan fingerprint density at radius 2 is 1.65 bits per heavy atom. The maximum Gasteiger partial charge on any atom is 0.410 e. The normalized spacial score (nSPS) is 21.8. The van der Waals surface area contributed by atoms with Crippen LogP contribution in [-0.2, 0) is 11.2 Å². The zero-order chi connectivity index (χ0) is 28.3. The van der Waals surface area contributed by atoms with Gasteiger partial charge in [-0.15, -0.1) is 0 Å². The minimum absolute atomic E-state index is 0.123. The Bertz CT molecular complexity index is 1300. The summed E-state index contributed by atoms with van der Waals surface area (Å²) >= 11 is 0. The third kappa shape index (κ3) is 6.22. The van der Waals surface area contributed by atoms with E-state index in [2.05, 4.69) is 4.98 Å². The predicted octanol–water partition coefficient (Wildman–Crippen LogP) is 5.33. The maximum absolute atomic E-state index is 14.3. The van der Waals surface area contributed by atoms with Crippen LogP contribution in [0.3, 0.4) is 0 Å². The maximum atomic E-state index is 14.3. The summed E-state index contributed by atoms with van der Waals surface area (Å²) in [5, 5.41) is 10.9. The molecule has 2 aromatic carbocycles. The van der Waals surface area contributed by atoms with Crippen molar-refractivity contribution in [2.45, 2.75) is 76.7 Å². The summed E-state index contributed by atoms with van der Waals surface area (Å²) in [6.07, 6.45) is 5.11. The molecule has 1 aliphatic heterocycles. The summed E-state index contributed by atoms with van der Waals surface area (Å²) in [6, 6.07) is 19.5. The largest absolute Gasteiger partial charge is 0.444 e. The Balaban J connectivity index is 1.48. The highest BCUT2D eigenvalue weighted by molar-refractivity contribution is 5.98. The molecular formula is C32H40N4O4. The SMILES string of the molecule is CC(C)(C)OC(=O)N1CCN(C(=O)c2ncn([C@@H]3CCCC[C@H]3O)c2-c2ccccc2)[C@H](Cc2ccccc2)C1. The van der Waals surface area contributed by atoms with E-state index >= 15 is 0 Å². The first-order valence-electron chi connectivity index (χ1n) is 14.3. The minimum atomic E-state index is -0.597. The van der Waals surface area contributed by atoms with Crippen molar-refractivity contribution in [3.63, 3.8) is 0 Å². The fourth-order valence-corrected chi connectivity index (χ4v) is 5.88. The third-order valence-corrected chi connectivity index (χ3v) is 7.80. The molecule has 8 nitrogen and oxygen atoms in total. The Morgan fingerprint density at radius 3 is 2.33 bits per heavy atom. The standard InChI is InChI=1S/C32H40N4O4/c1-32(2,3)40-31(39)34-18-19-35(25(21-34)20-23-12-6-4-7-13-23)30(38)28-29(24-14-8-5-9-15-24)36(22-33-28)26-16-10-11-17-27(26)37/h4-9,12-15,22,25-27,37H,10-11,16-21H2,1-3H3/t25-,26-,27-/m1/s1. The van der Waals surface area contributed by atoms with Crippen LogP contribution >= 0.6 is 0 Å². The van der Waals surface area contributed by atoms with Gasteiger partial charge >= 0.3 is 6.09 Å². The van der Waals surface area contributed by atoms with Gasteiger partial charge < -0.3 is 24.2 Å². The van der Waals surface area contributed by atoms with Crippen molar-refractivity contribution in [2.24, 2.45) is 0 Å². The van der Waals surface area contributed by atoms with Crippen LogP contribution in [-0.4, -0.2) is 73.8 Å². The molecule has 2 aliphatic rings. The number of amides is 2. The van der Waals surface area contributed by atoms with Crippen molar-refractivity contribution in [3.05, 3.63) is 78.2 Å². The second kappa shape index (κ2) is 11.8. The zero-order valence-corrected chi connectivity index (χ0v) is 23.7. The van der Waals surface area contributed by atoms with Crippen LogP contribution in [0.1, 0.15) is 68.5 Å². The molecule has 1 aliphatic carbocycles. The van der Waals surface area contributed by atoms with Gasteiger partial charge in [-0.25, -0.2) is 9.78 Å². The van der Waals surface area contributed by atoms with Gasteiger partial charge in [-0.1, -0.05) is 73.5 Å². The van der Waals surface area contributed by atoms with Crippen LogP contribution in [0.15, 0.2) is 67.0 Å². The first-order chi connectivity index (χ1) is 19.2. The van der Waals surface area contributed by atoms with E-state index in [0.717, 1.165) is 42.5 Å². The molecule has 1 N–H and O–H groups in total. The van der Waals surface area contributed by atoms with Crippen LogP contribution in [0, 0.1) is 0 Å². The number of aliphatic hydroxyl groups excluding tert-OH is 1. The van der Waals surface area contributed by atoms with Crippen LogP contribution < -0.4 is 0 Å². The van der Waals surface area contributed by atoms with Gasteiger partial charge in [0.25, 0.3) is 5.91 Å². The highest BCUT2D eigenvalue weighted by Gasteiger charge is 2.37. The molecule has 1 saturated carbocycles. The molecule has 3 atom stereocenters. The van der Waals surface area contributed by atoms with E-state index < -0.39 is 11.7 Å². The minimum Gasteiger partial charge on any atom is -0.444 e. The van der Waals surface area contributed by atoms with Crippen LogP contribution in [0.5, 0.6) is 0 Å². The van der Waals surface area contributed by atoms with Crippen molar-refractivity contribution in [3.8, 4) is 11.3 Å². The number of benzene rings is 2. The van der Waals surface area contributed by atoms with Gasteiger partial charge in [0.2, 0.25) is 0 Å². The topological polar surface area (TPSA) is 87.9 Å². The lowest BCUT2D eigenvalue weighted by atomic mass is 9.92. The molecule has 2 fully saturated rings. The average Bonchev–Trinajstić information content (AvgIpc) is 3.38. The summed E-state index contributed by atoms with van der Waals surface area (Å²) in [6.45, 7) is 6.71. The van der Waals surface area contributed by atoms with Gasteiger partial charge in [-0.3, -0.25) is 4.79 Å². The number of hydrogen-bond acceptors (Lipinski definition) is 5. The first kappa shape index (κ1) is 27.9. The number of carbonyl (C=O) groups is 2. The smallest absolute Gasteiger partial charge is 0.410 e. The first-order valence-corrected chi connectivity index (χ1v) is 14.3. The lowest BCUT2D eigenvalue weighted by Gasteiger charge is -2.41. The molecule has 5 rings (SSSR count). The number of carbonyl (C=O) groups excluding carboxylic acids is 2. The Morgan fingerprint density at radius 1 is 0.975 bits per heavy atom. The van der Waals surface area contributed by atoms with E-state index in [1.54, 1.807) is 11.2 Å². The Labute approximate surface area is 236 Å². The summed E-state index contributed by atoms with van der Waals surface area (Å²) in [5.74, 6) is -0.160. The summed E-state index contributed by atoms with van der Waals surface area (Å²) in [7, 11) is 0. The van der Waals surface area contributed by atoms with E-state index in [1.165, 1.54) is 0 Å². The quantitative estimate of drug-likeness (QED) is 0.469. The van der Waals surface area contributed by atoms with E-state index in [9.17, 15) is 14.7 Å². The van der Waals surface area contributed by atoms with E-state index in [1.807, 2.05) is 90.9 Å². The molecular weight excluding hydrogens is 504 g/mol. The highest BCUT2D eigenvalue weighted by Crippen LogP contribution is 2.35. The number of ether oxygens (including phenoxy) is 1. The number of imidazole rings is 1. The van der Waals surface area contributed by atoms with Gasteiger partial charge in [-0.2, -0.15) is 0 Å². The molecule has 0 unspecified atom stereocenters. The molecule has 212 valence electrons. The van der Waals surface area contributed by atoms with Gasteiger partial charge in [0.1, 0.15) is 5.60 Å².